The number of amides is 2. The largest absolute Gasteiger partial charge is 0.486 e. The highest BCUT2D eigenvalue weighted by molar-refractivity contribution is 7.20. The Morgan fingerprint density at radius 2 is 1.79 bits per heavy atom. The highest BCUT2D eigenvalue weighted by Crippen LogP contribution is 2.33. The van der Waals surface area contributed by atoms with Gasteiger partial charge in [-0.3, -0.25) is 19.4 Å². The first kappa shape index (κ1) is 26.8. The summed E-state index contributed by atoms with van der Waals surface area (Å²) in [7, 11) is 0. The van der Waals surface area contributed by atoms with E-state index in [0.29, 0.717) is 52.9 Å². The maximum atomic E-state index is 14.7. The van der Waals surface area contributed by atoms with E-state index in [9.17, 15) is 14.0 Å². The molecule has 2 N–H and O–H groups in total. The van der Waals surface area contributed by atoms with E-state index in [4.69, 9.17) is 14.5 Å². The van der Waals surface area contributed by atoms with Gasteiger partial charge < -0.3 is 20.1 Å². The van der Waals surface area contributed by atoms with Crippen LogP contribution in [0.3, 0.4) is 0 Å². The Morgan fingerprint density at radius 1 is 0.976 bits per heavy atom. The molecule has 2 fully saturated rings. The van der Waals surface area contributed by atoms with Crippen LogP contribution in [-0.4, -0.2) is 71.5 Å². The summed E-state index contributed by atoms with van der Waals surface area (Å²) in [4.78, 5) is 37.1. The number of pyridine rings is 1. The zero-order valence-corrected chi connectivity index (χ0v) is 23.9. The summed E-state index contributed by atoms with van der Waals surface area (Å²) in [5.74, 6) is -0.364. The Bertz CT molecular complexity index is 1710. The van der Waals surface area contributed by atoms with E-state index in [1.54, 1.807) is 24.3 Å². The van der Waals surface area contributed by atoms with E-state index in [0.717, 1.165) is 42.1 Å². The number of nitrogens with one attached hydrogen (secondary N) is 2. The molecule has 5 heterocycles. The lowest BCUT2D eigenvalue weighted by Crippen LogP contribution is -2.45. The normalized spacial score (nSPS) is 19.8. The second-order valence-electron chi connectivity index (χ2n) is 10.8. The molecule has 7 rings (SSSR count). The van der Waals surface area contributed by atoms with Crippen molar-refractivity contribution in [3.8, 4) is 11.5 Å². The van der Waals surface area contributed by atoms with E-state index >= 15 is 0 Å². The smallest absolute Gasteiger partial charge is 0.265 e. The molecule has 2 saturated heterocycles. The van der Waals surface area contributed by atoms with Crippen molar-refractivity contribution in [1.82, 2.24) is 14.8 Å². The van der Waals surface area contributed by atoms with Crippen molar-refractivity contribution in [3.05, 3.63) is 76.5 Å². The molecule has 0 unspecified atom stereocenters. The number of hydrogen-bond donors (Lipinski definition) is 2. The van der Waals surface area contributed by atoms with E-state index in [1.165, 1.54) is 36.0 Å². The molecule has 0 radical (unpaired) electrons. The van der Waals surface area contributed by atoms with Crippen LogP contribution in [0.25, 0.3) is 10.2 Å². The molecule has 11 heteroatoms. The summed E-state index contributed by atoms with van der Waals surface area (Å²) in [6, 6.07) is 16.0. The van der Waals surface area contributed by atoms with E-state index in [-0.39, 0.29) is 8.54 Å². The van der Waals surface area contributed by atoms with Crippen molar-refractivity contribution in [2.75, 3.05) is 43.5 Å². The van der Waals surface area contributed by atoms with Crippen LogP contribution in [0.5, 0.6) is 11.5 Å². The number of rotatable bonds is 7. The molecular formula is C31H34FN5O4S. The Labute approximate surface area is 249 Å². The zero-order valence-electron chi connectivity index (χ0n) is 23.1. The summed E-state index contributed by atoms with van der Waals surface area (Å²) in [5.41, 5.74) is 1.66. The Morgan fingerprint density at radius 3 is 2.60 bits per heavy atom. The van der Waals surface area contributed by atoms with Crippen molar-refractivity contribution in [1.29, 1.82) is 0 Å². The number of aromatic nitrogens is 1. The van der Waals surface area contributed by atoms with Crippen LogP contribution in [0.4, 0.5) is 15.8 Å². The average molecular weight is 592 g/mol. The predicted octanol–water partition coefficient (Wildman–Crippen LogP) is 5.48. The van der Waals surface area contributed by atoms with Gasteiger partial charge in [-0.25, -0.2) is 9.37 Å². The van der Waals surface area contributed by atoms with Gasteiger partial charge in [-0.2, -0.15) is 0 Å². The van der Waals surface area contributed by atoms with Crippen LogP contribution >= 0.6 is 11.3 Å². The van der Waals surface area contributed by atoms with E-state index < -0.39 is 17.6 Å². The number of carbonyl (C=O) groups excluding carboxylic acids is 2. The lowest BCUT2D eigenvalue weighted by molar-refractivity contribution is 0.102. The highest BCUT2D eigenvalue weighted by Gasteiger charge is 2.42. The van der Waals surface area contributed by atoms with Gasteiger partial charge in [-0.15, -0.1) is 11.3 Å². The third kappa shape index (κ3) is 5.19. The number of fused-ring (bicyclic) bond motifs is 4. The first-order chi connectivity index (χ1) is 20.4. The zero-order chi connectivity index (χ0) is 28.8. The molecule has 3 aliphatic rings. The van der Waals surface area contributed by atoms with E-state index in [2.05, 4.69) is 27.4 Å². The second-order valence-corrected chi connectivity index (χ2v) is 11.9. The van der Waals surface area contributed by atoms with Crippen LogP contribution in [0.2, 0.25) is 0 Å². The number of likely N-dealkylation sites (N-methyl/N-ethyl adjacent to an activating group) is 1. The molecule has 3 aliphatic heterocycles. The first-order valence-electron chi connectivity index (χ1n) is 14.1. The number of nitrogens with zero attached hydrogens (tertiary/aromatic N) is 3. The van der Waals surface area contributed by atoms with Gasteiger partial charge in [0.15, 0.2) is 11.5 Å². The van der Waals surface area contributed by atoms with Gasteiger partial charge in [0.2, 0.25) is 0 Å². The number of anilines is 2. The third-order valence-electron chi connectivity index (χ3n) is 8.18. The number of hydrogen-bond acceptors (Lipinski definition) is 8. The minimum Gasteiger partial charge on any atom is -0.486 e. The molecule has 9 nitrogen and oxygen atoms in total. The van der Waals surface area contributed by atoms with Crippen LogP contribution < -0.4 is 20.1 Å². The standard InChI is InChI=1S/C31H30FN5O4S.2H2/c1-2-36-16-23-14-22(36)17-37(23)15-21-5-3-19-12-28(42-31(19)34-21)30(39)35-25-13-20(6-7-24(25)32)33-29(38)18-4-8-26-27(11-18)41-10-9-40-26;;/h3-8,11-13,22-23H,2,9-10,14-17H2,1H3,(H,33,38)(H,35,39);2*1H/t22-,23-;;/m0../s1. The SMILES string of the molecule is CCN1C[C@@H]2C[C@H]1CN2Cc1ccc2cc(C(=O)Nc3cc(NC(=O)c4ccc5c(c4)OCCO5)ccc3F)sc2n1.[HH].[HH]. The molecule has 2 amide bonds. The van der Waals surface area contributed by atoms with Gasteiger partial charge >= 0.3 is 0 Å². The quantitative estimate of drug-likeness (QED) is 0.294. The second kappa shape index (κ2) is 11.0. The fraction of sp³-hybridized carbons (Fsp3) is 0.323. The number of ether oxygens (including phenoxy) is 2. The van der Waals surface area contributed by atoms with Crippen LogP contribution in [0.1, 0.15) is 41.9 Å². The number of thiophene rings is 1. The lowest BCUT2D eigenvalue weighted by Gasteiger charge is -2.33. The van der Waals surface area contributed by atoms with Gasteiger partial charge in [0.05, 0.1) is 16.3 Å². The Kier molecular flexibility index (Phi) is 7.01. The summed E-state index contributed by atoms with van der Waals surface area (Å²) < 4.78 is 25.7. The number of likely N-dealkylation sites (tertiary alicyclic amines) is 2. The van der Waals surface area contributed by atoms with E-state index in [1.807, 2.05) is 12.1 Å². The van der Waals surface area contributed by atoms with Crippen molar-refractivity contribution < 1.29 is 26.3 Å². The average Bonchev–Trinajstić information content (AvgIpc) is 3.72. The topological polar surface area (TPSA) is 96.0 Å². The minimum absolute atomic E-state index is 0. The monoisotopic (exact) mass is 591 g/mol. The summed E-state index contributed by atoms with van der Waals surface area (Å²) in [6.45, 7) is 7.17. The molecule has 220 valence electrons. The first-order valence-corrected chi connectivity index (χ1v) is 14.9. The van der Waals surface area contributed by atoms with Gasteiger partial charge in [0.25, 0.3) is 11.8 Å². The molecule has 2 aromatic heterocycles. The maximum Gasteiger partial charge on any atom is 0.265 e. The van der Waals surface area contributed by atoms with Crippen LogP contribution in [0.15, 0.2) is 54.6 Å². The maximum absolute atomic E-state index is 14.7. The summed E-state index contributed by atoms with van der Waals surface area (Å²) >= 11 is 1.28. The third-order valence-corrected chi connectivity index (χ3v) is 9.22. The molecular weight excluding hydrogens is 557 g/mol. The molecule has 4 aromatic rings. The number of carbonyl (C=O) groups is 2. The number of piperazine rings is 1. The van der Waals surface area contributed by atoms with Crippen LogP contribution in [0, 0.1) is 5.82 Å². The summed E-state index contributed by atoms with van der Waals surface area (Å²) in [6.07, 6.45) is 1.22. The Balaban J connectivity index is 0.00000192. The van der Waals surface area contributed by atoms with Gasteiger partial charge in [-0.1, -0.05) is 13.0 Å². The molecule has 0 aliphatic carbocycles. The number of benzene rings is 2. The van der Waals surface area contributed by atoms with Crippen molar-refractivity contribution >= 4 is 44.7 Å². The van der Waals surface area contributed by atoms with Gasteiger partial charge in [-0.05, 0) is 61.5 Å². The van der Waals surface area contributed by atoms with Crippen molar-refractivity contribution in [2.24, 2.45) is 0 Å². The molecule has 0 spiro atoms. The summed E-state index contributed by atoms with van der Waals surface area (Å²) in [5, 5.41) is 6.27. The predicted molar refractivity (Wildman–Crippen MR) is 163 cm³/mol. The Hall–Kier alpha value is -4.06. The van der Waals surface area contributed by atoms with Gasteiger partial charge in [0, 0.05) is 51.2 Å². The molecule has 2 bridgehead atoms. The van der Waals surface area contributed by atoms with Crippen molar-refractivity contribution in [2.45, 2.75) is 32.0 Å². The molecule has 2 aromatic carbocycles. The van der Waals surface area contributed by atoms with Crippen LogP contribution in [-0.2, 0) is 6.54 Å². The fourth-order valence-corrected chi connectivity index (χ4v) is 6.99. The molecule has 42 heavy (non-hydrogen) atoms. The molecule has 2 atom stereocenters. The molecule has 0 saturated carbocycles. The van der Waals surface area contributed by atoms with Gasteiger partial charge in [0.1, 0.15) is 23.9 Å². The van der Waals surface area contributed by atoms with Crippen molar-refractivity contribution in [3.63, 3.8) is 0 Å². The lowest BCUT2D eigenvalue weighted by atomic mass is 10.1. The minimum atomic E-state index is -0.608. The number of halogens is 1. The highest BCUT2D eigenvalue weighted by atomic mass is 32.1. The fourth-order valence-electron chi connectivity index (χ4n) is 6.05.